The fraction of sp³-hybridized carbons (Fsp3) is 0.449. The Morgan fingerprint density at radius 2 is 0.768 bits per heavy atom. The molecule has 35 heteroatoms. The van der Waals surface area contributed by atoms with Crippen LogP contribution in [-0.2, 0) is 62.0 Å². The Morgan fingerprint density at radius 1 is 0.444 bits per heavy atom. The lowest BCUT2D eigenvalue weighted by atomic mass is 10.0. The van der Waals surface area contributed by atoms with Gasteiger partial charge in [-0.25, -0.2) is 34.1 Å². The van der Waals surface area contributed by atoms with E-state index in [1.807, 2.05) is 217 Å². The molecule has 755 valence electrons. The van der Waals surface area contributed by atoms with Crippen LogP contribution in [0, 0.1) is 0 Å². The summed E-state index contributed by atoms with van der Waals surface area (Å²) in [5.41, 5.74) is 6.65. The number of hydrogen-bond donors (Lipinski definition) is 6. The SMILES string of the molecule is CC(C)(C)OC(=O)N1[C@H](Cc2ccc(C(=O)O)cc2)CC[C@@H]1[C@H](O[Si](C)(C)C(C)(C)C)c1cccnc1.CN(Cc1nc2ccsc2c(=O)[nH]1)C(=O)c1ccc(C[C@@H]2CC[C@H]([C@H](O)c3ccccc3)N2C(=O)OC(C)(C)C)cc1.CN(Cc1nc2ccsc2c(=O)[nH]1)C(=O)c1ccc(C[C@@H]2CC[C@H]([C@H](O[Si](C)(C)C(C)(C)C)c3ccccc3)N2C(=O)OC(C)(C)C)cc1.CNCc1nc2ccsc2c(=O)[nH]1.[B]. The number of aliphatic hydroxyl groups excluding tert-OH is 1. The average Bonchev–Trinajstić information content (AvgIpc) is 1.62. The van der Waals surface area contributed by atoms with E-state index in [-0.39, 0.29) is 120 Å². The van der Waals surface area contributed by atoms with Crippen molar-refractivity contribution in [2.75, 3.05) is 21.1 Å². The number of pyridine rings is 1. The highest BCUT2D eigenvalue weighted by molar-refractivity contribution is 7.17. The van der Waals surface area contributed by atoms with E-state index in [0.717, 1.165) is 71.0 Å². The number of carboxylic acid groups (broad SMARTS) is 1. The number of likely N-dealkylation sites (tertiary alicyclic amines) is 3. The van der Waals surface area contributed by atoms with E-state index in [2.05, 4.69) is 120 Å². The minimum Gasteiger partial charge on any atom is -0.478 e. The summed E-state index contributed by atoms with van der Waals surface area (Å²) < 4.78 is 33.7. The zero-order valence-electron chi connectivity index (χ0n) is 85.6. The molecule has 9 atom stereocenters. The molecule has 5 aromatic carbocycles. The minimum atomic E-state index is -2.22. The van der Waals surface area contributed by atoms with Crippen LogP contribution in [0.15, 0.2) is 207 Å². The van der Waals surface area contributed by atoms with Crippen LogP contribution in [0.2, 0.25) is 36.3 Å². The number of carbonyl (C=O) groups excluding carboxylic acids is 5. The molecule has 29 nitrogen and oxygen atoms in total. The second kappa shape index (κ2) is 46.8. The normalized spacial score (nSPS) is 17.4. The number of hydrogen-bond acceptors (Lipinski definition) is 23. The number of ether oxygens (including phenoxy) is 3. The van der Waals surface area contributed by atoms with Crippen molar-refractivity contribution in [3.63, 3.8) is 0 Å². The number of aromatic carboxylic acids is 1. The van der Waals surface area contributed by atoms with Crippen LogP contribution in [0.4, 0.5) is 14.4 Å². The van der Waals surface area contributed by atoms with Crippen LogP contribution in [0.25, 0.3) is 30.6 Å². The van der Waals surface area contributed by atoms with Crippen molar-refractivity contribution in [2.45, 2.75) is 289 Å². The molecule has 0 spiro atoms. The van der Waals surface area contributed by atoms with E-state index in [0.29, 0.717) is 86.0 Å². The van der Waals surface area contributed by atoms with E-state index < -0.39 is 57.6 Å². The summed E-state index contributed by atoms with van der Waals surface area (Å²) in [6.45, 7) is 40.0. The molecule has 142 heavy (non-hydrogen) atoms. The minimum absolute atomic E-state index is 0. The van der Waals surface area contributed by atoms with Crippen molar-refractivity contribution in [3.05, 3.63) is 291 Å². The van der Waals surface area contributed by atoms with Gasteiger partial charge in [-0.05, 0) is 274 Å². The summed E-state index contributed by atoms with van der Waals surface area (Å²) in [5.74, 6) is 0.214. The number of nitrogens with one attached hydrogen (secondary N) is 4. The smallest absolute Gasteiger partial charge is 0.410 e. The molecule has 5 amide bonds. The molecule has 3 saturated heterocycles. The maximum atomic E-state index is 14.0. The molecule has 15 rings (SSSR count). The van der Waals surface area contributed by atoms with Gasteiger partial charge < -0.3 is 63.3 Å². The number of amides is 5. The van der Waals surface area contributed by atoms with E-state index in [1.54, 1.807) is 66.5 Å². The van der Waals surface area contributed by atoms with Crippen LogP contribution < -0.4 is 22.0 Å². The number of aliphatic hydroxyl groups is 1. The summed E-state index contributed by atoms with van der Waals surface area (Å²) in [4.78, 5) is 149. The third-order valence-corrected chi connectivity index (χ3v) is 37.8. The first-order valence-corrected chi connectivity index (χ1v) is 56.4. The summed E-state index contributed by atoms with van der Waals surface area (Å²) >= 11 is 4.09. The summed E-state index contributed by atoms with van der Waals surface area (Å²) in [6.07, 6.45) is 7.31. The lowest BCUT2D eigenvalue weighted by molar-refractivity contribution is -0.00482. The molecule has 12 aromatic rings. The Labute approximate surface area is 847 Å². The van der Waals surface area contributed by atoms with E-state index in [1.165, 1.54) is 38.9 Å². The molecular formula is C107H137BN13O16S3Si2. The van der Waals surface area contributed by atoms with E-state index >= 15 is 0 Å². The molecule has 3 aliphatic rings. The zero-order chi connectivity index (χ0) is 103. The van der Waals surface area contributed by atoms with Gasteiger partial charge in [0.25, 0.3) is 28.5 Å². The molecule has 0 unspecified atom stereocenters. The predicted molar refractivity (Wildman–Crippen MR) is 567 cm³/mol. The number of nitrogens with zero attached hydrogens (tertiary/aromatic N) is 9. The highest BCUT2D eigenvalue weighted by Crippen LogP contribution is 2.48. The van der Waals surface area contributed by atoms with Crippen molar-refractivity contribution in [1.82, 2.24) is 64.7 Å². The fourth-order valence-electron chi connectivity index (χ4n) is 17.2. The second-order valence-corrected chi connectivity index (χ2v) is 54.8. The number of H-pyrrole nitrogens is 3. The van der Waals surface area contributed by atoms with Crippen molar-refractivity contribution < 1.29 is 62.0 Å². The quantitative estimate of drug-likeness (QED) is 0.0229. The summed E-state index contributed by atoms with van der Waals surface area (Å²) in [5, 5.41) is 28.9. The largest absolute Gasteiger partial charge is 0.478 e. The fourth-order valence-corrected chi connectivity index (χ4v) is 21.9. The molecule has 7 aromatic heterocycles. The first kappa shape index (κ1) is 111. The molecule has 0 bridgehead atoms. The Morgan fingerprint density at radius 3 is 1.11 bits per heavy atom. The number of rotatable bonds is 25. The topological polar surface area (TPSA) is 367 Å². The van der Waals surface area contributed by atoms with Gasteiger partial charge in [0.05, 0.1) is 78.2 Å². The third kappa shape index (κ3) is 28.7. The van der Waals surface area contributed by atoms with Gasteiger partial charge in [0, 0.05) is 64.2 Å². The number of fused-ring (bicyclic) bond motifs is 3. The third-order valence-electron chi connectivity index (χ3n) is 26.2. The Bertz CT molecular complexity index is 6470. The zero-order valence-corrected chi connectivity index (χ0v) is 90.0. The van der Waals surface area contributed by atoms with Crippen molar-refractivity contribution >= 4 is 126 Å². The summed E-state index contributed by atoms with van der Waals surface area (Å²) in [7, 11) is 0.753. The predicted octanol–water partition coefficient (Wildman–Crippen LogP) is 20.8. The van der Waals surface area contributed by atoms with Crippen LogP contribution in [0.5, 0.6) is 0 Å². The van der Waals surface area contributed by atoms with Crippen molar-refractivity contribution in [2.24, 2.45) is 0 Å². The number of thiophene rings is 3. The van der Waals surface area contributed by atoms with Gasteiger partial charge in [-0.1, -0.05) is 145 Å². The first-order chi connectivity index (χ1) is 66.3. The van der Waals surface area contributed by atoms with Gasteiger partial charge in [-0.2, -0.15) is 0 Å². The van der Waals surface area contributed by atoms with E-state index in [9.17, 15) is 53.4 Å². The van der Waals surface area contributed by atoms with Gasteiger partial charge >= 0.3 is 24.2 Å². The Kier molecular flexibility index (Phi) is 36.5. The number of aromatic amines is 3. The highest BCUT2D eigenvalue weighted by atomic mass is 32.1. The van der Waals surface area contributed by atoms with Crippen molar-refractivity contribution in [1.29, 1.82) is 0 Å². The van der Waals surface area contributed by atoms with Crippen LogP contribution >= 0.6 is 34.0 Å². The van der Waals surface area contributed by atoms with Crippen LogP contribution in [0.3, 0.4) is 0 Å². The molecule has 0 saturated carbocycles. The van der Waals surface area contributed by atoms with Gasteiger partial charge in [0.15, 0.2) is 16.6 Å². The highest BCUT2D eigenvalue weighted by Gasteiger charge is 2.51. The standard InChI is InChI=1S/C38H50N4O5SSi.C32H36N4O5S.C29H42N2O5Si.C8H9N3OS.B/c1-37(2,3)46-36(45)42-28(19-20-30(42)32(26-13-11-10-12-14-26)47-49(8,9)38(4,5)6)23-25-15-17-27(18-16-25)35(44)41(7)24-31-39-29-21-22-48-33(29)34(43)40-31;1-32(2,3)41-31(40)36-23(14-15-25(36)27(37)21-8-6-5-7-9-21)18-20-10-12-22(13-11-20)30(39)35(4)19-26-33-24-16-17-42-28(24)29(38)34-26;1-28(2,3)35-27(34)31-23(18-20-11-13-21(14-12-20)26(32)33)15-16-24(31)25(22-10-9-17-30-19-22)36-37(7,8)29(4,5)6;1-9-4-6-10-5-2-3-13-7(5)8(12)11-6;/h10-18,21-22,28,30,32H,19-20,23-24H2,1-9H3,(H,39,40,43);5-13,16-17,23,25,27,37H,14-15,18-19H2,1-4H3,(H,33,34,38);9-14,17,19,23-25H,15-16,18H2,1-8H3,(H,32,33);2-3,9H,4H2,1H3,(H,10,11,12);/t28-,30+,32+;23-,25+,27+;23-,24+,25+;;/m000../s1. The maximum Gasteiger partial charge on any atom is 0.410 e. The lowest BCUT2D eigenvalue weighted by Crippen LogP contribution is -2.50. The number of carboxylic acids is 1. The van der Waals surface area contributed by atoms with Gasteiger partial charge in [-0.3, -0.25) is 43.7 Å². The van der Waals surface area contributed by atoms with Gasteiger partial charge in [-0.15, -0.1) is 34.0 Å². The van der Waals surface area contributed by atoms with Gasteiger partial charge in [0.1, 0.15) is 48.4 Å². The molecule has 3 fully saturated rings. The number of carbonyl (C=O) groups is 6. The molecule has 6 N–H and O–H groups in total. The Balaban J connectivity index is 0.000000191. The molecule has 10 heterocycles. The Hall–Kier alpha value is -11.7. The first-order valence-electron chi connectivity index (χ1n) is 48.0. The average molecular weight is 2020 g/mol. The number of aromatic nitrogens is 7. The molecule has 0 aliphatic carbocycles. The molecular weight excluding hydrogens is 1890 g/mol. The lowest BCUT2D eigenvalue weighted by Gasteiger charge is -2.43. The molecule has 3 aliphatic heterocycles. The monoisotopic (exact) mass is 2020 g/mol. The maximum absolute atomic E-state index is 14.0. The second-order valence-electron chi connectivity index (χ2n) is 42.5. The van der Waals surface area contributed by atoms with Crippen LogP contribution in [-0.4, -0.2) is 205 Å². The van der Waals surface area contributed by atoms with Crippen LogP contribution in [0.1, 0.15) is 243 Å². The van der Waals surface area contributed by atoms with E-state index in [4.69, 9.17) is 23.1 Å². The molecule has 3 radical (unpaired) electrons. The van der Waals surface area contributed by atoms with Crippen molar-refractivity contribution in [3.8, 4) is 0 Å². The van der Waals surface area contributed by atoms with Gasteiger partial charge in [0.2, 0.25) is 0 Å². The number of benzene rings is 5. The summed E-state index contributed by atoms with van der Waals surface area (Å²) in [6, 6.07) is 49.6.